The van der Waals surface area contributed by atoms with Crippen molar-refractivity contribution in [1.29, 1.82) is 0 Å². The van der Waals surface area contributed by atoms with Crippen molar-refractivity contribution in [2.45, 2.75) is 13.8 Å². The van der Waals surface area contributed by atoms with E-state index in [0.29, 0.717) is 22.7 Å². The van der Waals surface area contributed by atoms with Crippen LogP contribution in [0.25, 0.3) is 17.3 Å². The van der Waals surface area contributed by atoms with Crippen molar-refractivity contribution >= 4 is 28.8 Å². The molecule has 4 rings (SSSR count). The molecule has 0 bridgehead atoms. The Hall–Kier alpha value is -3.35. The predicted octanol–water partition coefficient (Wildman–Crippen LogP) is 5.92. The fourth-order valence-corrected chi connectivity index (χ4v) is 3.37. The molecule has 1 aromatic carbocycles. The zero-order valence-corrected chi connectivity index (χ0v) is 16.0. The highest BCUT2D eigenvalue weighted by Gasteiger charge is 2.24. The molecule has 2 atom stereocenters. The van der Waals surface area contributed by atoms with Gasteiger partial charge in [-0.15, -0.1) is 0 Å². The molecule has 0 saturated carbocycles. The number of hydrogen-bond acceptors (Lipinski definition) is 3. The van der Waals surface area contributed by atoms with Crippen molar-refractivity contribution in [2.24, 2.45) is 11.8 Å². The molecule has 2 heterocycles. The number of imidazole rings is 1. The molecular formula is C22H19F3N4. The van der Waals surface area contributed by atoms with Crippen LogP contribution in [0.2, 0.25) is 0 Å². The molecule has 2 aromatic heterocycles. The van der Waals surface area contributed by atoms with Gasteiger partial charge < -0.3 is 5.32 Å². The molecule has 0 fully saturated rings. The molecule has 0 amide bonds. The Bertz CT molecular complexity index is 1150. The lowest BCUT2D eigenvalue weighted by molar-refractivity contribution is 0.420. The van der Waals surface area contributed by atoms with Crippen LogP contribution >= 0.6 is 0 Å². The number of benzene rings is 1. The Kier molecular flexibility index (Phi) is 4.74. The summed E-state index contributed by atoms with van der Waals surface area (Å²) in [5.41, 5.74) is 1.45. The van der Waals surface area contributed by atoms with Crippen molar-refractivity contribution in [3.63, 3.8) is 0 Å². The van der Waals surface area contributed by atoms with Gasteiger partial charge >= 0.3 is 0 Å². The van der Waals surface area contributed by atoms with E-state index in [2.05, 4.69) is 21.9 Å². The molecule has 1 aliphatic rings. The number of rotatable bonds is 4. The van der Waals surface area contributed by atoms with Gasteiger partial charge in [-0.1, -0.05) is 38.7 Å². The van der Waals surface area contributed by atoms with Gasteiger partial charge in [0.05, 0.1) is 11.9 Å². The molecule has 7 heteroatoms. The van der Waals surface area contributed by atoms with E-state index in [-0.39, 0.29) is 28.9 Å². The van der Waals surface area contributed by atoms with Crippen LogP contribution in [0.5, 0.6) is 0 Å². The number of anilines is 2. The van der Waals surface area contributed by atoms with Crippen molar-refractivity contribution in [3.05, 3.63) is 78.2 Å². The number of hydrogen-bond donors (Lipinski definition) is 1. The summed E-state index contributed by atoms with van der Waals surface area (Å²) in [6.45, 7) is 7.21. The van der Waals surface area contributed by atoms with E-state index in [1.54, 1.807) is 22.9 Å². The molecule has 0 radical (unpaired) electrons. The Morgan fingerprint density at radius 1 is 1.14 bits per heavy atom. The third-order valence-electron chi connectivity index (χ3n) is 5.26. The van der Waals surface area contributed by atoms with E-state index in [9.17, 15) is 13.2 Å². The van der Waals surface area contributed by atoms with Gasteiger partial charge in [0.1, 0.15) is 17.5 Å². The summed E-state index contributed by atoms with van der Waals surface area (Å²) in [7, 11) is 0. The average molecular weight is 396 g/mol. The van der Waals surface area contributed by atoms with E-state index in [0.717, 1.165) is 18.2 Å². The zero-order chi connectivity index (χ0) is 20.7. The van der Waals surface area contributed by atoms with Gasteiger partial charge in [0.2, 0.25) is 0 Å². The van der Waals surface area contributed by atoms with Crippen LogP contribution in [0, 0.1) is 23.5 Å². The molecule has 29 heavy (non-hydrogen) atoms. The quantitative estimate of drug-likeness (QED) is 0.596. The van der Waals surface area contributed by atoms with Gasteiger partial charge in [0.15, 0.2) is 11.5 Å². The normalized spacial score (nSPS) is 19.1. The maximum absolute atomic E-state index is 14.9. The number of aromatic nitrogens is 3. The molecule has 1 N–H and O–H groups in total. The minimum Gasteiger partial charge on any atom is -0.337 e. The first-order valence-corrected chi connectivity index (χ1v) is 9.19. The highest BCUT2D eigenvalue weighted by atomic mass is 19.1. The molecule has 0 spiro atoms. The SMILES string of the molecule is C=Cc1c(F)cc(Nc2nccn3c(C4=C(F)C(C)C(C)C=C4)cnc23)cc1F. The summed E-state index contributed by atoms with van der Waals surface area (Å²) in [6, 6.07) is 2.31. The first-order valence-electron chi connectivity index (χ1n) is 9.19. The van der Waals surface area contributed by atoms with Crippen LogP contribution in [0.1, 0.15) is 25.1 Å². The van der Waals surface area contributed by atoms with Crippen molar-refractivity contribution < 1.29 is 13.2 Å². The summed E-state index contributed by atoms with van der Waals surface area (Å²) in [6.07, 6.45) is 9.59. The lowest BCUT2D eigenvalue weighted by Gasteiger charge is -2.21. The molecule has 148 valence electrons. The first-order chi connectivity index (χ1) is 13.9. The van der Waals surface area contributed by atoms with Gasteiger partial charge in [-0.25, -0.2) is 23.1 Å². The van der Waals surface area contributed by atoms with Crippen LogP contribution < -0.4 is 5.32 Å². The Balaban J connectivity index is 1.76. The second kappa shape index (κ2) is 7.24. The van der Waals surface area contributed by atoms with Crippen molar-refractivity contribution in [2.75, 3.05) is 5.32 Å². The Labute approximate surface area is 166 Å². The van der Waals surface area contributed by atoms with Gasteiger partial charge in [-0.05, 0) is 18.1 Å². The number of allylic oxidation sites excluding steroid dienone is 4. The standard InChI is InChI=1S/C22H19F3N4/c1-4-15-17(23)9-14(10-18(15)24)28-21-22-27-11-19(29(22)8-7-26-21)16-6-5-12(2)13(3)20(16)25/h4-13H,1H2,2-3H3,(H,26,28). The third kappa shape index (κ3) is 3.22. The second-order valence-electron chi connectivity index (χ2n) is 7.06. The minimum atomic E-state index is -0.735. The van der Waals surface area contributed by atoms with Gasteiger partial charge in [-0.2, -0.15) is 0 Å². The lowest BCUT2D eigenvalue weighted by atomic mass is 9.86. The Morgan fingerprint density at radius 2 is 1.86 bits per heavy atom. The fourth-order valence-electron chi connectivity index (χ4n) is 3.37. The number of nitrogens with zero attached hydrogens (tertiary/aromatic N) is 3. The van der Waals surface area contributed by atoms with E-state index in [4.69, 9.17) is 0 Å². The number of nitrogens with one attached hydrogen (secondary N) is 1. The minimum absolute atomic E-state index is 0.111. The van der Waals surface area contributed by atoms with Gasteiger partial charge in [-0.3, -0.25) is 4.40 Å². The van der Waals surface area contributed by atoms with E-state index in [1.165, 1.54) is 6.20 Å². The van der Waals surface area contributed by atoms with Crippen molar-refractivity contribution in [1.82, 2.24) is 14.4 Å². The molecule has 0 aliphatic heterocycles. The van der Waals surface area contributed by atoms with Crippen LogP contribution in [-0.4, -0.2) is 14.4 Å². The average Bonchev–Trinajstić information content (AvgIpc) is 3.11. The van der Waals surface area contributed by atoms with Crippen LogP contribution in [0.15, 0.2) is 55.3 Å². The smallest absolute Gasteiger partial charge is 0.180 e. The maximum Gasteiger partial charge on any atom is 0.180 e. The molecule has 2 unspecified atom stereocenters. The molecule has 0 saturated heterocycles. The van der Waals surface area contributed by atoms with Crippen LogP contribution in [-0.2, 0) is 0 Å². The Morgan fingerprint density at radius 3 is 2.55 bits per heavy atom. The summed E-state index contributed by atoms with van der Waals surface area (Å²) in [5.74, 6) is -1.49. The van der Waals surface area contributed by atoms with Crippen LogP contribution in [0.4, 0.5) is 24.7 Å². The van der Waals surface area contributed by atoms with E-state index >= 15 is 0 Å². The van der Waals surface area contributed by atoms with Gasteiger partial charge in [0, 0.05) is 35.1 Å². The predicted molar refractivity (Wildman–Crippen MR) is 108 cm³/mol. The third-order valence-corrected chi connectivity index (χ3v) is 5.26. The number of halogens is 3. The molecule has 4 nitrogen and oxygen atoms in total. The second-order valence-corrected chi connectivity index (χ2v) is 7.06. The summed E-state index contributed by atoms with van der Waals surface area (Å²) < 4.78 is 44.6. The highest BCUT2D eigenvalue weighted by Crippen LogP contribution is 2.36. The summed E-state index contributed by atoms with van der Waals surface area (Å²) >= 11 is 0. The fraction of sp³-hybridized carbons (Fsp3) is 0.182. The van der Waals surface area contributed by atoms with Crippen molar-refractivity contribution in [3.8, 4) is 0 Å². The highest BCUT2D eigenvalue weighted by molar-refractivity contribution is 5.79. The first kappa shape index (κ1) is 19.0. The largest absolute Gasteiger partial charge is 0.337 e. The maximum atomic E-state index is 14.9. The lowest BCUT2D eigenvalue weighted by Crippen LogP contribution is -2.12. The van der Waals surface area contributed by atoms with E-state index in [1.807, 2.05) is 19.9 Å². The zero-order valence-electron chi connectivity index (χ0n) is 16.0. The summed E-state index contributed by atoms with van der Waals surface area (Å²) in [4.78, 5) is 8.57. The molecule has 1 aliphatic carbocycles. The van der Waals surface area contributed by atoms with Crippen LogP contribution in [0.3, 0.4) is 0 Å². The topological polar surface area (TPSA) is 42.2 Å². The molecule has 3 aromatic rings. The summed E-state index contributed by atoms with van der Waals surface area (Å²) in [5, 5.41) is 2.89. The number of fused-ring (bicyclic) bond motifs is 1. The van der Waals surface area contributed by atoms with Gasteiger partial charge in [0.25, 0.3) is 0 Å². The van der Waals surface area contributed by atoms with E-state index < -0.39 is 11.6 Å². The monoisotopic (exact) mass is 396 g/mol. The molecular weight excluding hydrogens is 377 g/mol.